The largest absolute Gasteiger partial charge is 0.348 e. The maximum Gasteiger partial charge on any atom is 0.244 e. The Morgan fingerprint density at radius 1 is 1.24 bits per heavy atom. The molecule has 4 rings (SSSR count). The Bertz CT molecular complexity index is 486. The van der Waals surface area contributed by atoms with E-state index in [1.165, 1.54) is 25.9 Å². The second-order valence-electron chi connectivity index (χ2n) is 5.49. The zero-order chi connectivity index (χ0) is 13.8. The Balaban J connectivity index is 0.00000161. The summed E-state index contributed by atoms with van der Waals surface area (Å²) in [6.07, 6.45) is 4.11. The van der Waals surface area contributed by atoms with Crippen LogP contribution in [-0.2, 0) is 4.79 Å². The SMILES string of the molecule is Cl.O=C(C=CSc1ccccc1)NC1CN2CCC1CC2. The summed E-state index contributed by atoms with van der Waals surface area (Å²) < 4.78 is 0. The molecule has 1 amide bonds. The Labute approximate surface area is 136 Å². The summed E-state index contributed by atoms with van der Waals surface area (Å²) in [6.45, 7) is 3.43. The van der Waals surface area contributed by atoms with E-state index in [4.69, 9.17) is 0 Å². The fourth-order valence-corrected chi connectivity index (χ4v) is 3.70. The van der Waals surface area contributed by atoms with E-state index in [1.807, 2.05) is 35.7 Å². The summed E-state index contributed by atoms with van der Waals surface area (Å²) in [7, 11) is 0. The van der Waals surface area contributed by atoms with Crippen molar-refractivity contribution < 1.29 is 4.79 Å². The highest BCUT2D eigenvalue weighted by Gasteiger charge is 2.34. The molecule has 0 aliphatic carbocycles. The molecular formula is C16H21ClN2OS. The first-order valence-corrected chi connectivity index (χ1v) is 8.10. The van der Waals surface area contributed by atoms with Crippen molar-refractivity contribution in [2.75, 3.05) is 19.6 Å². The van der Waals surface area contributed by atoms with E-state index < -0.39 is 0 Å². The Hall–Kier alpha value is -0.970. The van der Waals surface area contributed by atoms with Gasteiger partial charge in [-0.3, -0.25) is 4.79 Å². The Morgan fingerprint density at radius 3 is 2.57 bits per heavy atom. The molecule has 21 heavy (non-hydrogen) atoms. The number of halogens is 1. The van der Waals surface area contributed by atoms with Crippen LogP contribution in [-0.4, -0.2) is 36.5 Å². The quantitative estimate of drug-likeness (QED) is 0.682. The van der Waals surface area contributed by atoms with Crippen LogP contribution in [0.4, 0.5) is 0 Å². The molecular weight excluding hydrogens is 304 g/mol. The van der Waals surface area contributed by atoms with E-state index in [0.29, 0.717) is 12.0 Å². The number of carbonyl (C=O) groups is 1. The highest BCUT2D eigenvalue weighted by atomic mass is 35.5. The van der Waals surface area contributed by atoms with Gasteiger partial charge in [0.05, 0.1) is 0 Å². The van der Waals surface area contributed by atoms with Gasteiger partial charge in [-0.25, -0.2) is 0 Å². The molecule has 0 radical (unpaired) electrons. The van der Waals surface area contributed by atoms with Crippen LogP contribution in [0.15, 0.2) is 46.7 Å². The van der Waals surface area contributed by atoms with Gasteiger partial charge in [-0.2, -0.15) is 0 Å². The lowest BCUT2D eigenvalue weighted by atomic mass is 9.84. The molecule has 3 saturated heterocycles. The normalized spacial score (nSPS) is 27.3. The van der Waals surface area contributed by atoms with Crippen LogP contribution < -0.4 is 5.32 Å². The summed E-state index contributed by atoms with van der Waals surface area (Å²) in [5, 5.41) is 5.02. The summed E-state index contributed by atoms with van der Waals surface area (Å²) in [6, 6.07) is 10.4. The minimum atomic E-state index is 0. The number of amides is 1. The van der Waals surface area contributed by atoms with Gasteiger partial charge in [0, 0.05) is 23.6 Å². The van der Waals surface area contributed by atoms with E-state index in [0.717, 1.165) is 11.4 Å². The molecule has 3 fully saturated rings. The van der Waals surface area contributed by atoms with E-state index in [-0.39, 0.29) is 18.3 Å². The van der Waals surface area contributed by atoms with Gasteiger partial charge < -0.3 is 10.2 Å². The van der Waals surface area contributed by atoms with Crippen molar-refractivity contribution in [2.24, 2.45) is 5.92 Å². The predicted molar refractivity (Wildman–Crippen MR) is 89.8 cm³/mol. The monoisotopic (exact) mass is 324 g/mol. The number of thioether (sulfide) groups is 1. The highest BCUT2D eigenvalue weighted by molar-refractivity contribution is 8.02. The predicted octanol–water partition coefficient (Wildman–Crippen LogP) is 2.92. The topological polar surface area (TPSA) is 32.3 Å². The Kier molecular flexibility index (Phi) is 6.15. The van der Waals surface area contributed by atoms with Crippen molar-refractivity contribution in [3.63, 3.8) is 0 Å². The smallest absolute Gasteiger partial charge is 0.244 e. The number of carbonyl (C=O) groups excluding carboxylic acids is 1. The molecule has 0 saturated carbocycles. The third kappa shape index (κ3) is 4.50. The number of nitrogens with one attached hydrogen (secondary N) is 1. The third-order valence-corrected chi connectivity index (χ3v) is 4.97. The maximum absolute atomic E-state index is 11.9. The molecule has 2 bridgehead atoms. The summed E-state index contributed by atoms with van der Waals surface area (Å²) in [4.78, 5) is 15.6. The van der Waals surface area contributed by atoms with Gasteiger partial charge in [0.15, 0.2) is 0 Å². The lowest BCUT2D eigenvalue weighted by Crippen LogP contribution is -2.57. The number of rotatable bonds is 4. The van der Waals surface area contributed by atoms with Crippen molar-refractivity contribution in [3.8, 4) is 0 Å². The molecule has 1 aromatic carbocycles. The zero-order valence-corrected chi connectivity index (χ0v) is 13.5. The van der Waals surface area contributed by atoms with Crippen molar-refractivity contribution in [3.05, 3.63) is 41.8 Å². The van der Waals surface area contributed by atoms with Gasteiger partial charge >= 0.3 is 0 Å². The molecule has 3 aliphatic rings. The minimum Gasteiger partial charge on any atom is -0.348 e. The molecule has 0 spiro atoms. The van der Waals surface area contributed by atoms with Gasteiger partial charge in [0.1, 0.15) is 0 Å². The van der Waals surface area contributed by atoms with E-state index in [9.17, 15) is 4.79 Å². The molecule has 1 aromatic rings. The standard InChI is InChI=1S/C16H20N2OS.ClH/c19-16(8-11-20-14-4-2-1-3-5-14)17-15-12-18-9-6-13(15)7-10-18;/h1-5,8,11,13,15H,6-7,9-10,12H2,(H,17,19);1H. The third-order valence-electron chi connectivity index (χ3n) is 4.15. The van der Waals surface area contributed by atoms with Gasteiger partial charge in [-0.05, 0) is 49.4 Å². The molecule has 3 heterocycles. The Morgan fingerprint density at radius 2 is 1.95 bits per heavy atom. The van der Waals surface area contributed by atoms with Gasteiger partial charge in [0.25, 0.3) is 0 Å². The summed E-state index contributed by atoms with van der Waals surface area (Å²) >= 11 is 1.57. The molecule has 1 N–H and O–H groups in total. The number of benzene rings is 1. The zero-order valence-electron chi connectivity index (χ0n) is 11.9. The lowest BCUT2D eigenvalue weighted by Gasteiger charge is -2.44. The average molecular weight is 325 g/mol. The number of nitrogens with zero attached hydrogens (tertiary/aromatic N) is 1. The number of fused-ring (bicyclic) bond motifs is 3. The number of hydrogen-bond donors (Lipinski definition) is 1. The van der Waals surface area contributed by atoms with Crippen LogP contribution >= 0.6 is 24.2 Å². The second kappa shape index (κ2) is 7.87. The van der Waals surface area contributed by atoms with E-state index in [1.54, 1.807) is 17.8 Å². The van der Waals surface area contributed by atoms with Crippen LogP contribution in [0.25, 0.3) is 0 Å². The van der Waals surface area contributed by atoms with Crippen LogP contribution in [0.2, 0.25) is 0 Å². The van der Waals surface area contributed by atoms with Crippen molar-refractivity contribution in [2.45, 2.75) is 23.8 Å². The molecule has 1 atom stereocenters. The minimum absolute atomic E-state index is 0. The summed E-state index contributed by atoms with van der Waals surface area (Å²) in [5.74, 6) is 0.714. The lowest BCUT2D eigenvalue weighted by molar-refractivity contribution is -0.118. The van der Waals surface area contributed by atoms with Gasteiger partial charge in [-0.1, -0.05) is 30.0 Å². The summed E-state index contributed by atoms with van der Waals surface area (Å²) in [5.41, 5.74) is 0. The fraction of sp³-hybridized carbons (Fsp3) is 0.438. The fourth-order valence-electron chi connectivity index (χ4n) is 3.03. The number of hydrogen-bond acceptors (Lipinski definition) is 3. The molecule has 3 aliphatic heterocycles. The van der Waals surface area contributed by atoms with Crippen molar-refractivity contribution in [1.29, 1.82) is 0 Å². The van der Waals surface area contributed by atoms with Crippen molar-refractivity contribution >= 4 is 30.1 Å². The first-order chi connectivity index (χ1) is 9.81. The molecule has 5 heteroatoms. The van der Waals surface area contributed by atoms with Gasteiger partial charge in [-0.15, -0.1) is 12.4 Å². The molecule has 114 valence electrons. The van der Waals surface area contributed by atoms with Crippen molar-refractivity contribution in [1.82, 2.24) is 10.2 Å². The molecule has 3 nitrogen and oxygen atoms in total. The van der Waals surface area contributed by atoms with Crippen LogP contribution in [0.5, 0.6) is 0 Å². The molecule has 1 unspecified atom stereocenters. The van der Waals surface area contributed by atoms with E-state index >= 15 is 0 Å². The second-order valence-corrected chi connectivity index (χ2v) is 6.47. The number of piperidine rings is 3. The first kappa shape index (κ1) is 16.4. The highest BCUT2D eigenvalue weighted by Crippen LogP contribution is 2.27. The average Bonchev–Trinajstić information content (AvgIpc) is 2.49. The maximum atomic E-state index is 11.9. The molecule has 0 aromatic heterocycles. The van der Waals surface area contributed by atoms with Crippen LogP contribution in [0.3, 0.4) is 0 Å². The first-order valence-electron chi connectivity index (χ1n) is 7.22. The van der Waals surface area contributed by atoms with Crippen LogP contribution in [0, 0.1) is 5.92 Å². The van der Waals surface area contributed by atoms with Gasteiger partial charge in [0.2, 0.25) is 5.91 Å². The van der Waals surface area contributed by atoms with E-state index in [2.05, 4.69) is 10.2 Å². The van der Waals surface area contributed by atoms with Crippen LogP contribution in [0.1, 0.15) is 12.8 Å².